The molecule has 1 N–H and O–H groups in total. The predicted molar refractivity (Wildman–Crippen MR) is 113 cm³/mol. The van der Waals surface area contributed by atoms with Gasteiger partial charge in [-0.15, -0.1) is 10.2 Å². The Morgan fingerprint density at radius 3 is 2.57 bits per heavy atom. The zero-order valence-electron chi connectivity index (χ0n) is 17.9. The highest BCUT2D eigenvalue weighted by molar-refractivity contribution is 5.79. The van der Waals surface area contributed by atoms with Gasteiger partial charge in [0.25, 0.3) is 0 Å². The van der Waals surface area contributed by atoms with Crippen LogP contribution < -0.4 is 14.8 Å². The summed E-state index contributed by atoms with van der Waals surface area (Å²) in [7, 11) is 3.38. The van der Waals surface area contributed by atoms with Crippen LogP contribution >= 0.6 is 0 Å². The number of hydrogen-bond donors (Lipinski definition) is 1. The molecule has 1 aromatic carbocycles. The standard InChI is InChI=1S/C22H31N5O3/c1-29-18-7-4-8-19(30-2)17(18)15-26-12-10-21-25-24-20(27(21)14-13-26)9-11-23-22(28)16-5-3-6-16/h4,7-8,16H,3,5-6,9-15H2,1-2H3,(H,23,28). The molecule has 8 nitrogen and oxygen atoms in total. The van der Waals surface area contributed by atoms with Crippen molar-refractivity contribution >= 4 is 5.91 Å². The average molecular weight is 414 g/mol. The van der Waals surface area contributed by atoms with Crippen LogP contribution in [-0.4, -0.2) is 59.4 Å². The summed E-state index contributed by atoms with van der Waals surface area (Å²) < 4.78 is 13.3. The van der Waals surface area contributed by atoms with Crippen LogP contribution in [0.3, 0.4) is 0 Å². The summed E-state index contributed by atoms with van der Waals surface area (Å²) in [5, 5.41) is 11.8. The van der Waals surface area contributed by atoms with Crippen molar-refractivity contribution in [3.05, 3.63) is 35.4 Å². The molecule has 0 unspecified atom stereocenters. The van der Waals surface area contributed by atoms with E-state index in [9.17, 15) is 4.79 Å². The monoisotopic (exact) mass is 413 g/mol. The van der Waals surface area contributed by atoms with Gasteiger partial charge in [-0.05, 0) is 25.0 Å². The molecule has 1 amide bonds. The molecular formula is C22H31N5O3. The highest BCUT2D eigenvalue weighted by Gasteiger charge is 2.25. The third-order valence-electron chi connectivity index (χ3n) is 6.23. The second-order valence-electron chi connectivity index (χ2n) is 8.02. The zero-order valence-corrected chi connectivity index (χ0v) is 17.9. The lowest BCUT2D eigenvalue weighted by atomic mass is 9.85. The molecule has 30 heavy (non-hydrogen) atoms. The minimum Gasteiger partial charge on any atom is -0.496 e. The molecule has 1 fully saturated rings. The summed E-state index contributed by atoms with van der Waals surface area (Å²) in [4.78, 5) is 14.4. The van der Waals surface area contributed by atoms with Crippen LogP contribution in [0.1, 0.15) is 36.5 Å². The van der Waals surface area contributed by atoms with Crippen molar-refractivity contribution in [3.8, 4) is 11.5 Å². The summed E-state index contributed by atoms with van der Waals surface area (Å²) in [5.41, 5.74) is 1.07. The van der Waals surface area contributed by atoms with Crippen LogP contribution in [0.15, 0.2) is 18.2 Å². The topological polar surface area (TPSA) is 81.5 Å². The van der Waals surface area contributed by atoms with Gasteiger partial charge >= 0.3 is 0 Å². The number of ether oxygens (including phenoxy) is 2. The van der Waals surface area contributed by atoms with Crippen LogP contribution in [0, 0.1) is 5.92 Å². The summed E-state index contributed by atoms with van der Waals surface area (Å²) >= 11 is 0. The lowest BCUT2D eigenvalue weighted by Gasteiger charge is -2.24. The van der Waals surface area contributed by atoms with E-state index in [-0.39, 0.29) is 11.8 Å². The maximum atomic E-state index is 12.0. The average Bonchev–Trinajstić information content (AvgIpc) is 2.98. The molecule has 1 aliphatic heterocycles. The molecule has 2 heterocycles. The Balaban J connectivity index is 1.36. The first-order valence-corrected chi connectivity index (χ1v) is 10.8. The number of methoxy groups -OCH3 is 2. The van der Waals surface area contributed by atoms with Crippen molar-refractivity contribution in [2.24, 2.45) is 5.92 Å². The Kier molecular flexibility index (Phi) is 6.52. The number of carbonyl (C=O) groups excluding carboxylic acids is 1. The number of nitrogens with zero attached hydrogens (tertiary/aromatic N) is 4. The molecule has 4 rings (SSSR count). The number of hydrogen-bond acceptors (Lipinski definition) is 6. The Labute approximate surface area is 177 Å². The van der Waals surface area contributed by atoms with Crippen molar-refractivity contribution in [1.29, 1.82) is 0 Å². The van der Waals surface area contributed by atoms with Gasteiger partial charge in [0.2, 0.25) is 5.91 Å². The molecule has 0 saturated heterocycles. The van der Waals surface area contributed by atoms with E-state index in [0.717, 1.165) is 74.2 Å². The fourth-order valence-electron chi connectivity index (χ4n) is 4.19. The third kappa shape index (κ3) is 4.43. The van der Waals surface area contributed by atoms with Gasteiger partial charge in [0.15, 0.2) is 0 Å². The normalized spacial score (nSPS) is 17.0. The number of rotatable bonds is 8. The molecule has 0 atom stereocenters. The first-order valence-electron chi connectivity index (χ1n) is 10.8. The molecule has 0 spiro atoms. The quantitative estimate of drug-likeness (QED) is 0.711. The van der Waals surface area contributed by atoms with E-state index >= 15 is 0 Å². The SMILES string of the molecule is COc1cccc(OC)c1CN1CCc2nnc(CCNC(=O)C3CCC3)n2CC1. The van der Waals surface area contributed by atoms with Gasteiger partial charge in [0, 0.05) is 51.5 Å². The molecule has 0 radical (unpaired) electrons. The van der Waals surface area contributed by atoms with E-state index in [1.165, 1.54) is 6.42 Å². The molecule has 162 valence electrons. The second kappa shape index (κ2) is 9.47. The summed E-state index contributed by atoms with van der Waals surface area (Å²) in [6, 6.07) is 5.89. The lowest BCUT2D eigenvalue weighted by Crippen LogP contribution is -2.35. The minimum absolute atomic E-state index is 0.189. The molecule has 8 heteroatoms. The largest absolute Gasteiger partial charge is 0.496 e. The maximum absolute atomic E-state index is 12.0. The Morgan fingerprint density at radius 2 is 1.90 bits per heavy atom. The van der Waals surface area contributed by atoms with Crippen LogP contribution in [0.25, 0.3) is 0 Å². The summed E-state index contributed by atoms with van der Waals surface area (Å²) in [6.07, 6.45) is 4.79. The highest BCUT2D eigenvalue weighted by atomic mass is 16.5. The van der Waals surface area contributed by atoms with Gasteiger partial charge in [0.05, 0.1) is 19.8 Å². The Bertz CT molecular complexity index is 855. The molecule has 1 aromatic heterocycles. The van der Waals surface area contributed by atoms with Gasteiger partial charge in [-0.2, -0.15) is 0 Å². The number of benzene rings is 1. The van der Waals surface area contributed by atoms with Crippen LogP contribution in [-0.2, 0) is 30.7 Å². The van der Waals surface area contributed by atoms with Gasteiger partial charge in [-0.1, -0.05) is 12.5 Å². The number of carbonyl (C=O) groups is 1. The fourth-order valence-corrected chi connectivity index (χ4v) is 4.19. The smallest absolute Gasteiger partial charge is 0.223 e. The minimum atomic E-state index is 0.189. The van der Waals surface area contributed by atoms with Crippen LogP contribution in [0.4, 0.5) is 0 Å². The maximum Gasteiger partial charge on any atom is 0.223 e. The molecule has 0 bridgehead atoms. The van der Waals surface area contributed by atoms with Crippen molar-refractivity contribution in [3.63, 3.8) is 0 Å². The number of nitrogens with one attached hydrogen (secondary N) is 1. The lowest BCUT2D eigenvalue weighted by molar-refractivity contribution is -0.127. The third-order valence-corrected chi connectivity index (χ3v) is 6.23. The number of aromatic nitrogens is 3. The molecule has 2 aliphatic rings. The van der Waals surface area contributed by atoms with Gasteiger partial charge in [-0.3, -0.25) is 9.69 Å². The summed E-state index contributed by atoms with van der Waals surface area (Å²) in [6.45, 7) is 4.02. The number of amides is 1. The molecule has 1 saturated carbocycles. The van der Waals surface area contributed by atoms with E-state index in [2.05, 4.69) is 25.0 Å². The molecule has 1 aliphatic carbocycles. The highest BCUT2D eigenvalue weighted by Crippen LogP contribution is 2.30. The van der Waals surface area contributed by atoms with E-state index in [4.69, 9.17) is 9.47 Å². The van der Waals surface area contributed by atoms with E-state index < -0.39 is 0 Å². The Hall–Kier alpha value is -2.61. The van der Waals surface area contributed by atoms with Crippen LogP contribution in [0.2, 0.25) is 0 Å². The summed E-state index contributed by atoms with van der Waals surface area (Å²) in [5.74, 6) is 4.08. The van der Waals surface area contributed by atoms with Gasteiger partial charge in [-0.25, -0.2) is 0 Å². The number of fused-ring (bicyclic) bond motifs is 1. The predicted octanol–water partition coefficient (Wildman–Crippen LogP) is 1.81. The van der Waals surface area contributed by atoms with Crippen molar-refractivity contribution < 1.29 is 14.3 Å². The fraction of sp³-hybridized carbons (Fsp3) is 0.591. The first-order chi connectivity index (χ1) is 14.7. The Morgan fingerprint density at radius 1 is 1.13 bits per heavy atom. The van der Waals surface area contributed by atoms with E-state index in [1.54, 1.807) is 14.2 Å². The van der Waals surface area contributed by atoms with Gasteiger partial charge in [0.1, 0.15) is 23.1 Å². The second-order valence-corrected chi connectivity index (χ2v) is 8.02. The van der Waals surface area contributed by atoms with E-state index in [1.807, 2.05) is 18.2 Å². The zero-order chi connectivity index (χ0) is 20.9. The molecular weight excluding hydrogens is 382 g/mol. The van der Waals surface area contributed by atoms with Gasteiger partial charge < -0.3 is 19.4 Å². The van der Waals surface area contributed by atoms with Crippen molar-refractivity contribution in [2.45, 2.75) is 45.2 Å². The van der Waals surface area contributed by atoms with Crippen LogP contribution in [0.5, 0.6) is 11.5 Å². The van der Waals surface area contributed by atoms with E-state index in [0.29, 0.717) is 13.0 Å². The van der Waals surface area contributed by atoms with Crippen molar-refractivity contribution in [2.75, 3.05) is 33.9 Å². The first kappa shape index (κ1) is 20.7. The van der Waals surface area contributed by atoms with Crippen molar-refractivity contribution in [1.82, 2.24) is 25.0 Å². The molecule has 2 aromatic rings.